The Morgan fingerprint density at radius 1 is 1.03 bits per heavy atom. The molecule has 0 unspecified atom stereocenters. The second kappa shape index (κ2) is 8.73. The van der Waals surface area contributed by atoms with Gasteiger partial charge in [-0.2, -0.15) is 0 Å². The molecule has 1 aliphatic heterocycles. The van der Waals surface area contributed by atoms with Crippen molar-refractivity contribution in [3.8, 4) is 0 Å². The van der Waals surface area contributed by atoms with E-state index in [0.717, 1.165) is 13.1 Å². The number of carbonyl (C=O) groups is 1. The van der Waals surface area contributed by atoms with Crippen LogP contribution in [0.15, 0.2) is 53.4 Å². The molecule has 0 aliphatic carbocycles. The minimum absolute atomic E-state index is 0.0393. The average Bonchev–Trinajstić information content (AvgIpc) is 2.73. The summed E-state index contributed by atoms with van der Waals surface area (Å²) in [5, 5.41) is 0.252. The van der Waals surface area contributed by atoms with Gasteiger partial charge in [-0.15, -0.1) is 0 Å². The summed E-state index contributed by atoms with van der Waals surface area (Å²) in [7, 11) is -2.33. The van der Waals surface area contributed by atoms with Crippen LogP contribution in [-0.4, -0.2) is 63.4 Å². The van der Waals surface area contributed by atoms with Gasteiger partial charge in [-0.3, -0.25) is 14.0 Å². The average molecular weight is 436 g/mol. The number of benzene rings is 2. The number of hydrogen-bond donors (Lipinski definition) is 0. The summed E-state index contributed by atoms with van der Waals surface area (Å²) in [5.74, 6) is -0.238. The molecule has 1 amide bonds. The fourth-order valence-corrected chi connectivity index (χ4v) is 4.80. The molecule has 1 saturated heterocycles. The minimum atomic E-state index is -3.82. The van der Waals surface area contributed by atoms with Crippen LogP contribution < -0.4 is 4.31 Å². The number of rotatable bonds is 5. The largest absolute Gasteiger partial charge is 0.336 e. The van der Waals surface area contributed by atoms with Crippen molar-refractivity contribution < 1.29 is 13.2 Å². The summed E-state index contributed by atoms with van der Waals surface area (Å²) in [6, 6.07) is 13.5. The third kappa shape index (κ3) is 4.57. The first-order valence-corrected chi connectivity index (χ1v) is 11.4. The van der Waals surface area contributed by atoms with E-state index in [4.69, 9.17) is 11.6 Å². The zero-order valence-corrected chi connectivity index (χ0v) is 18.4. The van der Waals surface area contributed by atoms with Gasteiger partial charge in [0.15, 0.2) is 0 Å². The lowest BCUT2D eigenvalue weighted by Crippen LogP contribution is -2.50. The standard InChI is InChI=1S/C21H26ClN3O3S/c1-16(2)24-11-13-25(14-12-24)21(26)19-15-18(9-10-20(19)22)29(27,28)23(3)17-7-5-4-6-8-17/h4-10,15-16H,11-14H2,1-3H3. The van der Waals surface area contributed by atoms with Crippen LogP contribution in [0.1, 0.15) is 24.2 Å². The van der Waals surface area contributed by atoms with Gasteiger partial charge in [0, 0.05) is 39.3 Å². The normalized spacial score (nSPS) is 15.6. The number of piperazine rings is 1. The van der Waals surface area contributed by atoms with Crippen LogP contribution >= 0.6 is 11.6 Å². The van der Waals surface area contributed by atoms with Crippen molar-refractivity contribution in [2.75, 3.05) is 37.5 Å². The van der Waals surface area contributed by atoms with Crippen LogP contribution in [0.5, 0.6) is 0 Å². The fraction of sp³-hybridized carbons (Fsp3) is 0.381. The molecule has 0 aromatic heterocycles. The number of amides is 1. The molecule has 29 heavy (non-hydrogen) atoms. The topological polar surface area (TPSA) is 60.9 Å². The SMILES string of the molecule is CC(C)N1CCN(C(=O)c2cc(S(=O)(=O)N(C)c3ccccc3)ccc2Cl)CC1. The summed E-state index contributed by atoms with van der Waals surface area (Å²) < 4.78 is 27.3. The Balaban J connectivity index is 1.85. The van der Waals surface area contributed by atoms with Crippen LogP contribution in [0.4, 0.5) is 5.69 Å². The summed E-state index contributed by atoms with van der Waals surface area (Å²) in [4.78, 5) is 17.1. The van der Waals surface area contributed by atoms with E-state index in [1.807, 2.05) is 6.07 Å². The quantitative estimate of drug-likeness (QED) is 0.722. The monoisotopic (exact) mass is 435 g/mol. The van der Waals surface area contributed by atoms with E-state index in [-0.39, 0.29) is 21.4 Å². The molecule has 1 heterocycles. The van der Waals surface area contributed by atoms with Gasteiger partial charge in [0.25, 0.3) is 15.9 Å². The summed E-state index contributed by atoms with van der Waals surface area (Å²) in [5.41, 5.74) is 0.757. The first kappa shape index (κ1) is 21.6. The Morgan fingerprint density at radius 3 is 2.24 bits per heavy atom. The Morgan fingerprint density at radius 2 is 1.66 bits per heavy atom. The molecular weight excluding hydrogens is 410 g/mol. The third-order valence-electron chi connectivity index (χ3n) is 5.28. The summed E-state index contributed by atoms with van der Waals surface area (Å²) in [6.45, 7) is 7.02. The number of hydrogen-bond acceptors (Lipinski definition) is 4. The molecule has 0 radical (unpaired) electrons. The van der Waals surface area contributed by atoms with Gasteiger partial charge < -0.3 is 4.90 Å². The summed E-state index contributed by atoms with van der Waals surface area (Å²) in [6.07, 6.45) is 0. The van der Waals surface area contributed by atoms with Crippen molar-refractivity contribution in [3.63, 3.8) is 0 Å². The molecule has 0 atom stereocenters. The van der Waals surface area contributed by atoms with Crippen molar-refractivity contribution in [1.82, 2.24) is 9.80 Å². The Labute approximate surface area is 177 Å². The number of para-hydroxylation sites is 1. The highest BCUT2D eigenvalue weighted by atomic mass is 35.5. The molecule has 0 bridgehead atoms. The van der Waals surface area contributed by atoms with Gasteiger partial charge in [0.1, 0.15) is 0 Å². The highest BCUT2D eigenvalue weighted by Gasteiger charge is 2.27. The van der Waals surface area contributed by atoms with Crippen LogP contribution in [0.3, 0.4) is 0 Å². The Kier molecular flexibility index (Phi) is 6.51. The van der Waals surface area contributed by atoms with Gasteiger partial charge in [-0.05, 0) is 44.2 Å². The predicted octanol–water partition coefficient (Wildman–Crippen LogP) is 3.33. The van der Waals surface area contributed by atoms with Crippen molar-refractivity contribution in [2.45, 2.75) is 24.8 Å². The van der Waals surface area contributed by atoms with Gasteiger partial charge >= 0.3 is 0 Å². The second-order valence-corrected chi connectivity index (χ2v) is 9.75. The maximum atomic E-state index is 13.1. The minimum Gasteiger partial charge on any atom is -0.336 e. The molecule has 0 saturated carbocycles. The molecule has 3 rings (SSSR count). The highest BCUT2D eigenvalue weighted by molar-refractivity contribution is 7.92. The smallest absolute Gasteiger partial charge is 0.264 e. The first-order chi connectivity index (χ1) is 13.7. The van der Waals surface area contributed by atoms with Gasteiger partial charge in [0.05, 0.1) is 21.2 Å². The van der Waals surface area contributed by atoms with E-state index >= 15 is 0 Å². The van der Waals surface area contributed by atoms with E-state index in [0.29, 0.717) is 24.8 Å². The molecule has 2 aromatic carbocycles. The van der Waals surface area contributed by atoms with Crippen LogP contribution in [0, 0.1) is 0 Å². The molecular formula is C21H26ClN3O3S. The molecule has 6 nitrogen and oxygen atoms in total. The number of carbonyl (C=O) groups excluding carboxylic acids is 1. The van der Waals surface area contributed by atoms with E-state index in [2.05, 4.69) is 18.7 Å². The Hall–Kier alpha value is -2.09. The first-order valence-electron chi connectivity index (χ1n) is 9.58. The fourth-order valence-electron chi connectivity index (χ4n) is 3.38. The number of nitrogens with zero attached hydrogens (tertiary/aromatic N) is 3. The molecule has 1 aliphatic rings. The second-order valence-electron chi connectivity index (χ2n) is 7.37. The van der Waals surface area contributed by atoms with Crippen LogP contribution in [-0.2, 0) is 10.0 Å². The van der Waals surface area contributed by atoms with E-state index in [9.17, 15) is 13.2 Å². The van der Waals surface area contributed by atoms with Gasteiger partial charge in [-0.1, -0.05) is 29.8 Å². The van der Waals surface area contributed by atoms with E-state index in [1.165, 1.54) is 29.6 Å². The zero-order valence-electron chi connectivity index (χ0n) is 16.9. The van der Waals surface area contributed by atoms with Crippen molar-refractivity contribution in [3.05, 3.63) is 59.1 Å². The number of sulfonamides is 1. The molecule has 156 valence electrons. The molecule has 8 heteroatoms. The zero-order chi connectivity index (χ0) is 21.2. The molecule has 2 aromatic rings. The van der Waals surface area contributed by atoms with Crippen LogP contribution in [0.2, 0.25) is 5.02 Å². The lowest BCUT2D eigenvalue weighted by atomic mass is 10.1. The maximum Gasteiger partial charge on any atom is 0.264 e. The summed E-state index contributed by atoms with van der Waals surface area (Å²) >= 11 is 6.27. The van der Waals surface area contributed by atoms with Gasteiger partial charge in [-0.25, -0.2) is 8.42 Å². The van der Waals surface area contributed by atoms with Crippen LogP contribution in [0.25, 0.3) is 0 Å². The van der Waals surface area contributed by atoms with Crippen molar-refractivity contribution in [1.29, 1.82) is 0 Å². The van der Waals surface area contributed by atoms with E-state index < -0.39 is 10.0 Å². The lowest BCUT2D eigenvalue weighted by molar-refractivity contribution is 0.0595. The molecule has 0 N–H and O–H groups in total. The highest BCUT2D eigenvalue weighted by Crippen LogP contribution is 2.26. The predicted molar refractivity (Wildman–Crippen MR) is 116 cm³/mol. The Bertz CT molecular complexity index is 972. The third-order valence-corrected chi connectivity index (χ3v) is 7.39. The molecule has 0 spiro atoms. The van der Waals surface area contributed by atoms with Crippen molar-refractivity contribution >= 4 is 33.2 Å². The maximum absolute atomic E-state index is 13.1. The van der Waals surface area contributed by atoms with Crippen molar-refractivity contribution in [2.24, 2.45) is 0 Å². The van der Waals surface area contributed by atoms with E-state index in [1.54, 1.807) is 29.2 Å². The number of anilines is 1. The molecule has 1 fully saturated rings. The number of halogens is 1. The van der Waals surface area contributed by atoms with Gasteiger partial charge in [0.2, 0.25) is 0 Å². The lowest BCUT2D eigenvalue weighted by Gasteiger charge is -2.37.